The number of aliphatic hydroxyl groups is 4. The zero-order chi connectivity index (χ0) is 35.8. The molecule has 0 aromatic heterocycles. The van der Waals surface area contributed by atoms with Crippen molar-refractivity contribution < 1.29 is 44.2 Å². The summed E-state index contributed by atoms with van der Waals surface area (Å²) in [4.78, 5) is 12.2. The number of aliphatic hydroxyl groups excluding tert-OH is 4. The van der Waals surface area contributed by atoms with Crippen LogP contribution in [0.2, 0.25) is 0 Å². The molecule has 0 bridgehead atoms. The summed E-state index contributed by atoms with van der Waals surface area (Å²) in [6.07, 6.45) is 32.3. The van der Waals surface area contributed by atoms with Crippen LogP contribution in [0.25, 0.3) is 0 Å². The molecule has 1 rings (SSSR count). The van der Waals surface area contributed by atoms with Gasteiger partial charge in [-0.25, -0.2) is 0 Å². The summed E-state index contributed by atoms with van der Waals surface area (Å²) >= 11 is 0. The van der Waals surface area contributed by atoms with Crippen molar-refractivity contribution >= 4 is 5.97 Å². The van der Waals surface area contributed by atoms with Crippen LogP contribution in [0.5, 0.6) is 0 Å². The second kappa shape index (κ2) is 31.8. The SMILES string of the molecule is CC/C=C\C/C=C\C/C=C\C/C=C\C/C=C\CCCCCCCCCCOCC(COC1OC(CO)C(O)C(O)C1O)OC(=O)CCCC. The Hall–Kier alpha value is -2.11. The lowest BCUT2D eigenvalue weighted by atomic mass is 9.99. The Kier molecular flexibility index (Phi) is 29.2. The van der Waals surface area contributed by atoms with E-state index in [2.05, 4.69) is 67.7 Å². The number of hydrogen-bond acceptors (Lipinski definition) is 9. The summed E-state index contributed by atoms with van der Waals surface area (Å²) < 4.78 is 22.3. The van der Waals surface area contributed by atoms with Gasteiger partial charge in [0.15, 0.2) is 6.29 Å². The molecule has 0 radical (unpaired) electrons. The lowest BCUT2D eigenvalue weighted by Crippen LogP contribution is -2.59. The van der Waals surface area contributed by atoms with Crippen molar-refractivity contribution in [3.05, 3.63) is 60.8 Å². The van der Waals surface area contributed by atoms with Crippen molar-refractivity contribution in [3.63, 3.8) is 0 Å². The van der Waals surface area contributed by atoms with E-state index in [0.717, 1.165) is 64.2 Å². The summed E-state index contributed by atoms with van der Waals surface area (Å²) in [7, 11) is 0. The summed E-state index contributed by atoms with van der Waals surface area (Å²) in [5.74, 6) is -0.356. The Morgan fingerprint density at radius 3 is 1.80 bits per heavy atom. The fourth-order valence-corrected chi connectivity index (χ4v) is 5.20. The highest BCUT2D eigenvalue weighted by atomic mass is 16.7. The van der Waals surface area contributed by atoms with Gasteiger partial charge in [0.25, 0.3) is 0 Å². The zero-order valence-corrected chi connectivity index (χ0v) is 30.4. The molecule has 0 aromatic rings. The number of carbonyl (C=O) groups is 1. The molecule has 6 atom stereocenters. The first kappa shape index (κ1) is 44.9. The maximum Gasteiger partial charge on any atom is 0.306 e. The van der Waals surface area contributed by atoms with E-state index in [1.54, 1.807) is 0 Å². The van der Waals surface area contributed by atoms with Crippen LogP contribution >= 0.6 is 0 Å². The lowest BCUT2D eigenvalue weighted by molar-refractivity contribution is -0.305. The zero-order valence-electron chi connectivity index (χ0n) is 30.4. The summed E-state index contributed by atoms with van der Waals surface area (Å²) in [6.45, 7) is 4.14. The van der Waals surface area contributed by atoms with E-state index in [1.165, 1.54) is 32.1 Å². The number of esters is 1. The summed E-state index contributed by atoms with van der Waals surface area (Å²) in [6, 6.07) is 0. The van der Waals surface area contributed by atoms with E-state index < -0.39 is 43.4 Å². The third-order valence-electron chi connectivity index (χ3n) is 8.20. The van der Waals surface area contributed by atoms with Gasteiger partial charge in [-0.2, -0.15) is 0 Å². The van der Waals surface area contributed by atoms with Gasteiger partial charge >= 0.3 is 5.97 Å². The van der Waals surface area contributed by atoms with E-state index >= 15 is 0 Å². The first-order valence-electron chi connectivity index (χ1n) is 18.9. The molecule has 6 unspecified atom stereocenters. The third kappa shape index (κ3) is 23.8. The maximum atomic E-state index is 12.2. The second-order valence-electron chi connectivity index (χ2n) is 12.6. The Balaban J connectivity index is 2.09. The average molecular weight is 693 g/mol. The Morgan fingerprint density at radius 1 is 0.673 bits per heavy atom. The van der Waals surface area contributed by atoms with Crippen LogP contribution in [0, 0.1) is 0 Å². The number of unbranched alkanes of at least 4 members (excludes halogenated alkanes) is 9. The highest BCUT2D eigenvalue weighted by Gasteiger charge is 2.44. The first-order chi connectivity index (χ1) is 23.9. The molecule has 1 aliphatic rings. The molecule has 1 heterocycles. The van der Waals surface area contributed by atoms with Gasteiger partial charge in [-0.1, -0.05) is 120 Å². The lowest BCUT2D eigenvalue weighted by Gasteiger charge is -2.39. The van der Waals surface area contributed by atoms with Crippen LogP contribution in [0.15, 0.2) is 60.8 Å². The molecule has 1 fully saturated rings. The van der Waals surface area contributed by atoms with Crippen LogP contribution < -0.4 is 0 Å². The predicted octanol–water partition coefficient (Wildman–Crippen LogP) is 7.18. The first-order valence-corrected chi connectivity index (χ1v) is 18.9. The largest absolute Gasteiger partial charge is 0.457 e. The number of rotatable bonds is 30. The predicted molar refractivity (Wildman–Crippen MR) is 196 cm³/mol. The monoisotopic (exact) mass is 692 g/mol. The van der Waals surface area contributed by atoms with Gasteiger partial charge in [0, 0.05) is 13.0 Å². The molecule has 49 heavy (non-hydrogen) atoms. The van der Waals surface area contributed by atoms with Gasteiger partial charge in [-0.05, 0) is 57.8 Å². The Morgan fingerprint density at radius 2 is 1.22 bits per heavy atom. The van der Waals surface area contributed by atoms with E-state index in [1.807, 2.05) is 6.92 Å². The van der Waals surface area contributed by atoms with Gasteiger partial charge in [-0.3, -0.25) is 4.79 Å². The maximum absolute atomic E-state index is 12.2. The van der Waals surface area contributed by atoms with Crippen LogP contribution in [0.1, 0.15) is 123 Å². The van der Waals surface area contributed by atoms with Crippen LogP contribution in [-0.2, 0) is 23.7 Å². The van der Waals surface area contributed by atoms with Gasteiger partial charge < -0.3 is 39.4 Å². The Labute approximate surface area is 296 Å². The topological polar surface area (TPSA) is 135 Å². The second-order valence-corrected chi connectivity index (χ2v) is 12.6. The minimum absolute atomic E-state index is 0.123. The molecule has 0 amide bonds. The van der Waals surface area contributed by atoms with E-state index in [9.17, 15) is 25.2 Å². The number of ether oxygens (including phenoxy) is 4. The molecular formula is C40H68O9. The van der Waals surface area contributed by atoms with Gasteiger partial charge in [0.2, 0.25) is 0 Å². The third-order valence-corrected chi connectivity index (χ3v) is 8.20. The molecular weight excluding hydrogens is 624 g/mol. The number of hydrogen-bond donors (Lipinski definition) is 4. The minimum Gasteiger partial charge on any atom is -0.457 e. The smallest absolute Gasteiger partial charge is 0.306 e. The molecule has 1 aliphatic heterocycles. The molecule has 0 spiro atoms. The average Bonchev–Trinajstić information content (AvgIpc) is 3.10. The van der Waals surface area contributed by atoms with E-state index in [-0.39, 0.29) is 25.6 Å². The normalized spacial score (nSPS) is 22.4. The molecule has 0 aliphatic carbocycles. The summed E-state index contributed by atoms with van der Waals surface area (Å²) in [5.41, 5.74) is 0. The highest BCUT2D eigenvalue weighted by molar-refractivity contribution is 5.69. The molecule has 9 nitrogen and oxygen atoms in total. The quantitative estimate of drug-likeness (QED) is 0.0351. The number of allylic oxidation sites excluding steroid dienone is 10. The Bertz CT molecular complexity index is 927. The van der Waals surface area contributed by atoms with Crippen molar-refractivity contribution in [1.82, 2.24) is 0 Å². The van der Waals surface area contributed by atoms with Crippen molar-refractivity contribution in [1.29, 1.82) is 0 Å². The van der Waals surface area contributed by atoms with Crippen molar-refractivity contribution in [3.8, 4) is 0 Å². The molecule has 4 N–H and O–H groups in total. The highest BCUT2D eigenvalue weighted by Crippen LogP contribution is 2.22. The van der Waals surface area contributed by atoms with Gasteiger partial charge in [0.05, 0.1) is 19.8 Å². The van der Waals surface area contributed by atoms with Crippen molar-refractivity contribution in [2.45, 2.75) is 160 Å². The van der Waals surface area contributed by atoms with Crippen LogP contribution in [0.3, 0.4) is 0 Å². The van der Waals surface area contributed by atoms with Gasteiger partial charge in [-0.15, -0.1) is 0 Å². The van der Waals surface area contributed by atoms with E-state index in [0.29, 0.717) is 13.0 Å². The molecule has 0 saturated carbocycles. The molecule has 1 saturated heterocycles. The minimum atomic E-state index is -1.53. The number of carbonyl (C=O) groups excluding carboxylic acids is 1. The van der Waals surface area contributed by atoms with Gasteiger partial charge in [0.1, 0.15) is 30.5 Å². The molecule has 9 heteroatoms. The standard InChI is InChI=1S/C40H68O9/c1-3-5-7-8-9-10-11-12-13-14-15-16-17-18-19-20-21-22-23-24-25-26-27-28-30-46-32-34(48-36(42)29-6-4-2)33-47-40-39(45)38(44)37(43)35(31-41)49-40/h5,7,9-10,12-13,15-16,18-19,34-35,37-41,43-45H,3-4,6,8,11,14,17,20-33H2,1-2H3/b7-5-,10-9-,13-12-,16-15-,19-18-. The van der Waals surface area contributed by atoms with Crippen LogP contribution in [-0.4, -0.2) is 89.6 Å². The molecule has 0 aromatic carbocycles. The molecule has 282 valence electrons. The summed E-state index contributed by atoms with van der Waals surface area (Å²) in [5, 5.41) is 39.6. The van der Waals surface area contributed by atoms with Crippen molar-refractivity contribution in [2.75, 3.05) is 26.4 Å². The van der Waals surface area contributed by atoms with Crippen LogP contribution in [0.4, 0.5) is 0 Å². The van der Waals surface area contributed by atoms with Crippen molar-refractivity contribution in [2.24, 2.45) is 0 Å². The fourth-order valence-electron chi connectivity index (χ4n) is 5.20. The fraction of sp³-hybridized carbons (Fsp3) is 0.725. The van der Waals surface area contributed by atoms with E-state index in [4.69, 9.17) is 18.9 Å².